The molecule has 2 aromatic carbocycles. The molecule has 1 heterocycles. The van der Waals surface area contributed by atoms with E-state index < -0.39 is 0 Å². The van der Waals surface area contributed by atoms with Crippen LogP contribution in [0.5, 0.6) is 5.75 Å². The average Bonchev–Trinajstić information content (AvgIpc) is 2.61. The number of hydrogen-bond acceptors (Lipinski definition) is 3. The van der Waals surface area contributed by atoms with Gasteiger partial charge in [-0.05, 0) is 25.5 Å². The van der Waals surface area contributed by atoms with E-state index in [1.807, 2.05) is 54.6 Å². The van der Waals surface area contributed by atoms with E-state index in [0.29, 0.717) is 18.5 Å². The normalized spacial score (nSPS) is 10.8. The lowest BCUT2D eigenvalue weighted by Crippen LogP contribution is -2.11. The van der Waals surface area contributed by atoms with Crippen LogP contribution in [0.2, 0.25) is 0 Å². The van der Waals surface area contributed by atoms with Gasteiger partial charge < -0.3 is 15.5 Å². The number of benzene rings is 2. The van der Waals surface area contributed by atoms with Gasteiger partial charge in [0.1, 0.15) is 0 Å². The van der Waals surface area contributed by atoms with Crippen molar-refractivity contribution >= 4 is 10.8 Å². The fourth-order valence-corrected chi connectivity index (χ4v) is 2.63. The standard InChI is InChI=1S/C19H20N2O2/c20-12-6-7-13-23-18-15-10-4-5-11-16(15)19(22)21-17(18)14-8-2-1-3-9-14/h1-5,8-11H,6-7,12-13,20H2,(H,21,22). The second kappa shape index (κ2) is 7.11. The number of hydrogen-bond donors (Lipinski definition) is 2. The number of pyridine rings is 1. The van der Waals surface area contributed by atoms with Crippen LogP contribution in [0.25, 0.3) is 22.0 Å². The number of aromatic amines is 1. The van der Waals surface area contributed by atoms with E-state index in [2.05, 4.69) is 4.98 Å². The van der Waals surface area contributed by atoms with E-state index in [9.17, 15) is 4.79 Å². The lowest BCUT2D eigenvalue weighted by Gasteiger charge is -2.14. The Hall–Kier alpha value is -2.59. The van der Waals surface area contributed by atoms with Gasteiger partial charge in [0.25, 0.3) is 5.56 Å². The summed E-state index contributed by atoms with van der Waals surface area (Å²) in [6, 6.07) is 17.3. The molecule has 1 aromatic heterocycles. The number of fused-ring (bicyclic) bond motifs is 1. The summed E-state index contributed by atoms with van der Waals surface area (Å²) in [4.78, 5) is 15.3. The molecule has 4 nitrogen and oxygen atoms in total. The predicted octanol–water partition coefficient (Wildman–Crippen LogP) is 3.31. The minimum absolute atomic E-state index is 0.103. The van der Waals surface area contributed by atoms with Crippen LogP contribution < -0.4 is 16.0 Å². The highest BCUT2D eigenvalue weighted by Gasteiger charge is 2.14. The van der Waals surface area contributed by atoms with Gasteiger partial charge in [-0.1, -0.05) is 48.5 Å². The van der Waals surface area contributed by atoms with Gasteiger partial charge in [-0.3, -0.25) is 4.79 Å². The first-order chi connectivity index (χ1) is 11.3. The molecule has 3 aromatic rings. The first-order valence-corrected chi connectivity index (χ1v) is 7.84. The SMILES string of the molecule is NCCCCOc1c(-c2ccccc2)[nH]c(=O)c2ccccc12. The summed E-state index contributed by atoms with van der Waals surface area (Å²) >= 11 is 0. The van der Waals surface area contributed by atoms with Gasteiger partial charge in [0.05, 0.1) is 17.7 Å². The van der Waals surface area contributed by atoms with Crippen molar-refractivity contribution in [3.8, 4) is 17.0 Å². The molecule has 0 aliphatic heterocycles. The Labute approximate surface area is 134 Å². The van der Waals surface area contributed by atoms with E-state index in [4.69, 9.17) is 10.5 Å². The molecular formula is C19H20N2O2. The molecule has 0 unspecified atom stereocenters. The lowest BCUT2D eigenvalue weighted by atomic mass is 10.1. The van der Waals surface area contributed by atoms with Crippen LogP contribution in [-0.2, 0) is 0 Å². The Morgan fingerprint density at radius 3 is 2.35 bits per heavy atom. The Kier molecular flexibility index (Phi) is 4.74. The first kappa shape index (κ1) is 15.3. The van der Waals surface area contributed by atoms with Gasteiger partial charge >= 0.3 is 0 Å². The van der Waals surface area contributed by atoms with Gasteiger partial charge in [0, 0.05) is 10.9 Å². The van der Waals surface area contributed by atoms with E-state index in [-0.39, 0.29) is 5.56 Å². The summed E-state index contributed by atoms with van der Waals surface area (Å²) < 4.78 is 6.04. The number of rotatable bonds is 6. The number of unbranched alkanes of at least 4 members (excludes halogenated alkanes) is 1. The van der Waals surface area contributed by atoms with Crippen LogP contribution in [0.3, 0.4) is 0 Å². The van der Waals surface area contributed by atoms with Crippen LogP contribution in [0.1, 0.15) is 12.8 Å². The Balaban J connectivity index is 2.12. The predicted molar refractivity (Wildman–Crippen MR) is 93.8 cm³/mol. The van der Waals surface area contributed by atoms with Crippen LogP contribution in [-0.4, -0.2) is 18.1 Å². The van der Waals surface area contributed by atoms with Crippen molar-refractivity contribution in [2.45, 2.75) is 12.8 Å². The zero-order valence-electron chi connectivity index (χ0n) is 12.9. The molecule has 0 atom stereocenters. The fraction of sp³-hybridized carbons (Fsp3) is 0.211. The summed E-state index contributed by atoms with van der Waals surface area (Å²) in [5.41, 5.74) is 7.09. The number of H-pyrrole nitrogens is 1. The molecule has 23 heavy (non-hydrogen) atoms. The van der Waals surface area contributed by atoms with Gasteiger partial charge in [0.2, 0.25) is 0 Å². The molecular weight excluding hydrogens is 288 g/mol. The Morgan fingerprint density at radius 2 is 1.61 bits per heavy atom. The van der Waals surface area contributed by atoms with Crippen molar-refractivity contribution in [2.24, 2.45) is 5.73 Å². The van der Waals surface area contributed by atoms with Crippen molar-refractivity contribution in [3.63, 3.8) is 0 Å². The van der Waals surface area contributed by atoms with E-state index >= 15 is 0 Å². The third-order valence-corrected chi connectivity index (χ3v) is 3.79. The van der Waals surface area contributed by atoms with Crippen LogP contribution in [0.4, 0.5) is 0 Å². The number of ether oxygens (including phenoxy) is 1. The number of aromatic nitrogens is 1. The summed E-state index contributed by atoms with van der Waals surface area (Å²) in [5, 5.41) is 1.48. The van der Waals surface area contributed by atoms with E-state index in [1.165, 1.54) is 0 Å². The van der Waals surface area contributed by atoms with Crippen molar-refractivity contribution in [3.05, 3.63) is 65.0 Å². The summed E-state index contributed by atoms with van der Waals surface area (Å²) in [7, 11) is 0. The van der Waals surface area contributed by atoms with Gasteiger partial charge in [0.15, 0.2) is 5.75 Å². The van der Waals surface area contributed by atoms with Gasteiger partial charge in [-0.15, -0.1) is 0 Å². The molecule has 0 bridgehead atoms. The molecule has 0 fully saturated rings. The number of nitrogens with two attached hydrogens (primary N) is 1. The molecule has 0 saturated carbocycles. The van der Waals surface area contributed by atoms with Gasteiger partial charge in [-0.25, -0.2) is 0 Å². The minimum atomic E-state index is -0.103. The monoisotopic (exact) mass is 308 g/mol. The summed E-state index contributed by atoms with van der Waals surface area (Å²) in [6.45, 7) is 1.23. The smallest absolute Gasteiger partial charge is 0.256 e. The minimum Gasteiger partial charge on any atom is -0.491 e. The zero-order valence-corrected chi connectivity index (χ0v) is 12.9. The van der Waals surface area contributed by atoms with Crippen LogP contribution in [0.15, 0.2) is 59.4 Å². The van der Waals surface area contributed by atoms with E-state index in [0.717, 1.165) is 35.2 Å². The van der Waals surface area contributed by atoms with Crippen molar-refractivity contribution < 1.29 is 4.74 Å². The molecule has 0 aliphatic rings. The quantitative estimate of drug-likeness (QED) is 0.686. The number of nitrogens with one attached hydrogen (secondary N) is 1. The molecule has 0 radical (unpaired) electrons. The zero-order chi connectivity index (χ0) is 16.1. The average molecular weight is 308 g/mol. The Bertz CT molecular complexity index is 841. The fourth-order valence-electron chi connectivity index (χ4n) is 2.63. The van der Waals surface area contributed by atoms with Crippen LogP contribution in [0, 0.1) is 0 Å². The summed E-state index contributed by atoms with van der Waals surface area (Å²) in [5.74, 6) is 0.725. The first-order valence-electron chi connectivity index (χ1n) is 7.84. The summed E-state index contributed by atoms with van der Waals surface area (Å²) in [6.07, 6.45) is 1.81. The maximum atomic E-state index is 12.4. The molecule has 0 amide bonds. The molecule has 0 saturated heterocycles. The maximum absolute atomic E-state index is 12.4. The third kappa shape index (κ3) is 3.27. The van der Waals surface area contributed by atoms with Crippen molar-refractivity contribution in [2.75, 3.05) is 13.2 Å². The Morgan fingerprint density at radius 1 is 0.913 bits per heavy atom. The van der Waals surface area contributed by atoms with Crippen LogP contribution >= 0.6 is 0 Å². The van der Waals surface area contributed by atoms with Crippen molar-refractivity contribution in [1.82, 2.24) is 4.98 Å². The topological polar surface area (TPSA) is 68.1 Å². The maximum Gasteiger partial charge on any atom is 0.256 e. The second-order valence-corrected chi connectivity index (χ2v) is 5.41. The molecule has 0 spiro atoms. The molecule has 0 aliphatic carbocycles. The lowest BCUT2D eigenvalue weighted by molar-refractivity contribution is 0.311. The highest BCUT2D eigenvalue weighted by Crippen LogP contribution is 2.33. The van der Waals surface area contributed by atoms with Gasteiger partial charge in [-0.2, -0.15) is 0 Å². The highest BCUT2D eigenvalue weighted by molar-refractivity contribution is 5.92. The second-order valence-electron chi connectivity index (χ2n) is 5.41. The molecule has 118 valence electrons. The third-order valence-electron chi connectivity index (χ3n) is 3.79. The highest BCUT2D eigenvalue weighted by atomic mass is 16.5. The van der Waals surface area contributed by atoms with E-state index in [1.54, 1.807) is 0 Å². The molecule has 4 heteroatoms. The van der Waals surface area contributed by atoms with Crippen molar-refractivity contribution in [1.29, 1.82) is 0 Å². The molecule has 3 N–H and O–H groups in total. The molecule has 3 rings (SSSR count). The largest absolute Gasteiger partial charge is 0.491 e.